The smallest absolute Gasteiger partial charge is 0.393 e. The van der Waals surface area contributed by atoms with Gasteiger partial charge in [-0.15, -0.1) is 0 Å². The van der Waals surface area contributed by atoms with E-state index in [2.05, 4.69) is 43.5 Å². The van der Waals surface area contributed by atoms with E-state index >= 15 is 0 Å². The SMILES string of the molecule is CCCCC/C=C\CCCCCC(O)CC(=O)NC(COP(=O)(O)OCCN)C(O)/C=C/CC/C=C/CCCCCCCCCCC. The van der Waals surface area contributed by atoms with Crippen LogP contribution in [0.5, 0.6) is 0 Å². The van der Waals surface area contributed by atoms with Gasteiger partial charge in [0.05, 0.1) is 37.9 Å². The van der Waals surface area contributed by atoms with Crippen LogP contribution in [0.15, 0.2) is 36.5 Å². The molecular formula is C37H71N2O7P. The molecular weight excluding hydrogens is 615 g/mol. The molecule has 276 valence electrons. The van der Waals surface area contributed by atoms with Gasteiger partial charge in [-0.2, -0.15) is 0 Å². The summed E-state index contributed by atoms with van der Waals surface area (Å²) in [7, 11) is -4.40. The number of aliphatic hydroxyl groups excluding tert-OH is 2. The van der Waals surface area contributed by atoms with E-state index in [1.807, 2.05) is 6.08 Å². The maximum Gasteiger partial charge on any atom is 0.472 e. The van der Waals surface area contributed by atoms with Gasteiger partial charge < -0.3 is 26.2 Å². The van der Waals surface area contributed by atoms with Crippen molar-refractivity contribution in [3.8, 4) is 0 Å². The quantitative estimate of drug-likeness (QED) is 0.0257. The Bertz CT molecular complexity index is 853. The highest BCUT2D eigenvalue weighted by Gasteiger charge is 2.27. The summed E-state index contributed by atoms with van der Waals surface area (Å²) < 4.78 is 21.9. The number of phosphoric ester groups is 1. The highest BCUT2D eigenvalue weighted by Crippen LogP contribution is 2.43. The highest BCUT2D eigenvalue weighted by atomic mass is 31.2. The molecule has 0 aliphatic carbocycles. The molecule has 0 bridgehead atoms. The fraction of sp³-hybridized carbons (Fsp3) is 0.811. The van der Waals surface area contributed by atoms with Gasteiger partial charge in [-0.1, -0.05) is 127 Å². The van der Waals surface area contributed by atoms with Crippen molar-refractivity contribution in [1.29, 1.82) is 0 Å². The van der Waals surface area contributed by atoms with Crippen molar-refractivity contribution in [3.63, 3.8) is 0 Å². The van der Waals surface area contributed by atoms with E-state index in [1.54, 1.807) is 6.08 Å². The van der Waals surface area contributed by atoms with Gasteiger partial charge in [0, 0.05) is 6.54 Å². The first-order valence-corrected chi connectivity index (χ1v) is 20.2. The number of allylic oxidation sites excluding steroid dienone is 5. The molecule has 0 aliphatic rings. The summed E-state index contributed by atoms with van der Waals surface area (Å²) in [4.78, 5) is 22.6. The van der Waals surface area contributed by atoms with Crippen LogP contribution in [0, 0.1) is 0 Å². The molecule has 0 spiro atoms. The zero-order valence-electron chi connectivity index (χ0n) is 29.9. The van der Waals surface area contributed by atoms with E-state index in [-0.39, 0.29) is 19.6 Å². The largest absolute Gasteiger partial charge is 0.472 e. The number of hydrogen-bond donors (Lipinski definition) is 5. The lowest BCUT2D eigenvalue weighted by atomic mass is 10.1. The average molecular weight is 687 g/mol. The Morgan fingerprint density at radius 1 is 0.723 bits per heavy atom. The van der Waals surface area contributed by atoms with Crippen LogP contribution in [0.4, 0.5) is 0 Å². The van der Waals surface area contributed by atoms with E-state index in [0.717, 1.165) is 44.9 Å². The van der Waals surface area contributed by atoms with Gasteiger partial charge >= 0.3 is 7.82 Å². The predicted octanol–water partition coefficient (Wildman–Crippen LogP) is 8.58. The molecule has 1 amide bonds. The molecule has 4 atom stereocenters. The normalized spacial score (nSPS) is 15.4. The Labute approximate surface area is 287 Å². The molecule has 0 fully saturated rings. The van der Waals surface area contributed by atoms with Crippen LogP contribution in [0.3, 0.4) is 0 Å². The number of amides is 1. The fourth-order valence-electron chi connectivity index (χ4n) is 5.12. The van der Waals surface area contributed by atoms with Gasteiger partial charge in [0.15, 0.2) is 0 Å². The minimum absolute atomic E-state index is 0.0424. The number of aliphatic hydroxyl groups is 2. The van der Waals surface area contributed by atoms with Crippen LogP contribution in [0.25, 0.3) is 0 Å². The Morgan fingerprint density at radius 3 is 1.81 bits per heavy atom. The van der Waals surface area contributed by atoms with Crippen LogP contribution >= 0.6 is 7.82 Å². The van der Waals surface area contributed by atoms with E-state index in [9.17, 15) is 24.5 Å². The minimum atomic E-state index is -4.40. The van der Waals surface area contributed by atoms with Crippen molar-refractivity contribution in [2.24, 2.45) is 5.73 Å². The van der Waals surface area contributed by atoms with Gasteiger partial charge in [0.2, 0.25) is 5.91 Å². The van der Waals surface area contributed by atoms with Gasteiger partial charge in [-0.05, 0) is 57.8 Å². The molecule has 0 aromatic heterocycles. The van der Waals surface area contributed by atoms with Crippen LogP contribution < -0.4 is 11.1 Å². The molecule has 0 saturated heterocycles. The van der Waals surface area contributed by atoms with Crippen LogP contribution in [-0.2, 0) is 18.4 Å². The van der Waals surface area contributed by atoms with E-state index in [0.29, 0.717) is 12.8 Å². The topological polar surface area (TPSA) is 151 Å². The molecule has 0 radical (unpaired) electrons. The lowest BCUT2D eigenvalue weighted by Gasteiger charge is -2.24. The van der Waals surface area contributed by atoms with Crippen molar-refractivity contribution in [1.82, 2.24) is 5.32 Å². The second-order valence-electron chi connectivity index (χ2n) is 12.6. The number of carbonyl (C=O) groups is 1. The third-order valence-corrected chi connectivity index (χ3v) is 8.98. The standard InChI is InChI=1S/C37H71N2O7P/c1-3-5-7-9-11-13-15-16-17-18-19-21-23-25-27-29-36(41)35(33-46-47(43,44)45-31-30-38)39-37(42)32-34(40)28-26-24-22-20-14-12-10-8-6-4-2/h12,14,19,21,27,29,34-36,40-41H,3-11,13,15-18,20,22-26,28,30-33,38H2,1-2H3,(H,39,42)(H,43,44)/b14-12-,21-19+,29-27+. The lowest BCUT2D eigenvalue weighted by molar-refractivity contribution is -0.124. The van der Waals surface area contributed by atoms with Crippen molar-refractivity contribution < 1.29 is 33.5 Å². The number of hydrogen-bond acceptors (Lipinski definition) is 7. The number of rotatable bonds is 34. The first-order valence-electron chi connectivity index (χ1n) is 18.7. The Morgan fingerprint density at radius 2 is 1.21 bits per heavy atom. The molecule has 0 aromatic carbocycles. The molecule has 0 saturated carbocycles. The third kappa shape index (κ3) is 31.7. The molecule has 9 nitrogen and oxygen atoms in total. The zero-order chi connectivity index (χ0) is 34.9. The number of unbranched alkanes of at least 4 members (excludes halogenated alkanes) is 16. The number of nitrogens with one attached hydrogen (secondary N) is 1. The van der Waals surface area contributed by atoms with Crippen LogP contribution in [0.2, 0.25) is 0 Å². The fourth-order valence-corrected chi connectivity index (χ4v) is 5.88. The second kappa shape index (κ2) is 33.2. The second-order valence-corrected chi connectivity index (χ2v) is 14.1. The number of carbonyl (C=O) groups excluding carboxylic acids is 1. The molecule has 0 aliphatic heterocycles. The lowest BCUT2D eigenvalue weighted by Crippen LogP contribution is -2.46. The summed E-state index contributed by atoms with van der Waals surface area (Å²) in [5, 5.41) is 23.8. The Kier molecular flexibility index (Phi) is 32.3. The monoisotopic (exact) mass is 686 g/mol. The van der Waals surface area contributed by atoms with Gasteiger partial charge in [0.25, 0.3) is 0 Å². The van der Waals surface area contributed by atoms with Crippen molar-refractivity contribution in [2.75, 3.05) is 19.8 Å². The first kappa shape index (κ1) is 45.7. The molecule has 10 heteroatoms. The summed E-state index contributed by atoms with van der Waals surface area (Å²) in [6.07, 6.45) is 33.8. The maximum absolute atomic E-state index is 12.7. The van der Waals surface area contributed by atoms with Crippen molar-refractivity contribution in [2.45, 2.75) is 173 Å². The van der Waals surface area contributed by atoms with Crippen LogP contribution in [0.1, 0.15) is 155 Å². The number of nitrogens with two attached hydrogens (primary N) is 1. The van der Waals surface area contributed by atoms with Crippen LogP contribution in [-0.4, -0.2) is 59.0 Å². The molecule has 0 rings (SSSR count). The Hall–Kier alpha value is -1.32. The summed E-state index contributed by atoms with van der Waals surface area (Å²) in [6, 6.07) is -1.00. The minimum Gasteiger partial charge on any atom is -0.393 e. The zero-order valence-corrected chi connectivity index (χ0v) is 30.8. The molecule has 47 heavy (non-hydrogen) atoms. The summed E-state index contributed by atoms with van der Waals surface area (Å²) in [5.74, 6) is -0.469. The van der Waals surface area contributed by atoms with Crippen molar-refractivity contribution >= 4 is 13.7 Å². The first-order chi connectivity index (χ1) is 22.8. The summed E-state index contributed by atoms with van der Waals surface area (Å²) in [5.41, 5.74) is 5.33. The Balaban J connectivity index is 4.54. The van der Waals surface area contributed by atoms with Gasteiger partial charge in [-0.25, -0.2) is 4.57 Å². The number of phosphoric acid groups is 1. The summed E-state index contributed by atoms with van der Waals surface area (Å²) in [6.45, 7) is 3.88. The third-order valence-electron chi connectivity index (χ3n) is 7.99. The average Bonchev–Trinajstić information content (AvgIpc) is 3.04. The van der Waals surface area contributed by atoms with E-state index < -0.39 is 38.6 Å². The van der Waals surface area contributed by atoms with E-state index in [4.69, 9.17) is 14.8 Å². The maximum atomic E-state index is 12.7. The highest BCUT2D eigenvalue weighted by molar-refractivity contribution is 7.47. The van der Waals surface area contributed by atoms with E-state index in [1.165, 1.54) is 77.0 Å². The molecule has 6 N–H and O–H groups in total. The van der Waals surface area contributed by atoms with Gasteiger partial charge in [0.1, 0.15) is 0 Å². The van der Waals surface area contributed by atoms with Crippen molar-refractivity contribution in [3.05, 3.63) is 36.5 Å². The molecule has 0 aromatic rings. The predicted molar refractivity (Wildman–Crippen MR) is 195 cm³/mol. The molecule has 0 heterocycles. The summed E-state index contributed by atoms with van der Waals surface area (Å²) >= 11 is 0. The molecule has 4 unspecified atom stereocenters. The van der Waals surface area contributed by atoms with Gasteiger partial charge in [-0.3, -0.25) is 13.8 Å².